The Morgan fingerprint density at radius 3 is 2.63 bits per heavy atom. The molecule has 8 nitrogen and oxygen atoms in total. The van der Waals surface area contributed by atoms with Crippen LogP contribution in [0.25, 0.3) is 0 Å². The summed E-state index contributed by atoms with van der Waals surface area (Å²) in [6.45, 7) is 5.77. The van der Waals surface area contributed by atoms with Crippen LogP contribution in [-0.2, 0) is 16.0 Å². The summed E-state index contributed by atoms with van der Waals surface area (Å²) in [5.74, 6) is 1.42. The van der Waals surface area contributed by atoms with Crippen LogP contribution >= 0.6 is 0 Å². The van der Waals surface area contributed by atoms with E-state index < -0.39 is 0 Å². The molecule has 0 spiro atoms. The number of carbonyl (C=O) groups excluding carboxylic acids is 2. The van der Waals surface area contributed by atoms with Gasteiger partial charge in [-0.25, -0.2) is 0 Å². The van der Waals surface area contributed by atoms with E-state index in [9.17, 15) is 9.59 Å². The fourth-order valence-electron chi connectivity index (χ4n) is 3.52. The van der Waals surface area contributed by atoms with Crippen molar-refractivity contribution in [1.82, 2.24) is 20.7 Å². The molecule has 2 aromatic heterocycles. The van der Waals surface area contributed by atoms with Gasteiger partial charge in [0.1, 0.15) is 5.76 Å². The first-order valence-corrected chi connectivity index (χ1v) is 9.48. The molecule has 8 heteroatoms. The quantitative estimate of drug-likeness (QED) is 0.720. The van der Waals surface area contributed by atoms with Crippen LogP contribution in [0.4, 0.5) is 5.82 Å². The van der Waals surface area contributed by atoms with Crippen LogP contribution in [0, 0.1) is 12.8 Å². The smallest absolute Gasteiger partial charge is 0.233 e. The highest BCUT2D eigenvalue weighted by Crippen LogP contribution is 2.35. The van der Waals surface area contributed by atoms with Crippen LogP contribution < -0.4 is 10.6 Å². The van der Waals surface area contributed by atoms with Crippen LogP contribution in [0.15, 0.2) is 16.7 Å². The second kappa shape index (κ2) is 8.37. The number of rotatable bonds is 6. The van der Waals surface area contributed by atoms with Gasteiger partial charge in [-0.05, 0) is 46.5 Å². The number of hydrogen-bond acceptors (Lipinski definition) is 5. The minimum Gasteiger partial charge on any atom is -0.361 e. The Labute approximate surface area is 158 Å². The minimum atomic E-state index is -0.196. The van der Waals surface area contributed by atoms with Gasteiger partial charge in [-0.3, -0.25) is 14.7 Å². The number of aryl methyl sites for hydroxylation is 1. The van der Waals surface area contributed by atoms with E-state index in [-0.39, 0.29) is 30.2 Å². The third kappa shape index (κ3) is 5.18. The molecular formula is C19H27N5O3. The summed E-state index contributed by atoms with van der Waals surface area (Å²) in [6.07, 6.45) is 3.73. The number of aromatic nitrogens is 3. The zero-order valence-corrected chi connectivity index (χ0v) is 16.0. The number of nitrogens with one attached hydrogen (secondary N) is 3. The van der Waals surface area contributed by atoms with Crippen LogP contribution in [0.5, 0.6) is 0 Å². The van der Waals surface area contributed by atoms with Crippen molar-refractivity contribution in [2.24, 2.45) is 5.92 Å². The third-order valence-corrected chi connectivity index (χ3v) is 4.85. The van der Waals surface area contributed by atoms with Crippen LogP contribution in [0.2, 0.25) is 0 Å². The monoisotopic (exact) mass is 373 g/mol. The van der Waals surface area contributed by atoms with Crippen molar-refractivity contribution in [3.05, 3.63) is 29.3 Å². The predicted octanol–water partition coefficient (Wildman–Crippen LogP) is 2.69. The molecule has 0 bridgehead atoms. The third-order valence-electron chi connectivity index (χ3n) is 4.85. The zero-order valence-electron chi connectivity index (χ0n) is 16.0. The molecule has 2 amide bonds. The van der Waals surface area contributed by atoms with Gasteiger partial charge in [0.25, 0.3) is 0 Å². The van der Waals surface area contributed by atoms with E-state index in [2.05, 4.69) is 26.0 Å². The summed E-state index contributed by atoms with van der Waals surface area (Å²) in [7, 11) is 0. The molecule has 3 rings (SSSR count). The van der Waals surface area contributed by atoms with Gasteiger partial charge in [0.15, 0.2) is 5.82 Å². The maximum atomic E-state index is 12.1. The van der Waals surface area contributed by atoms with E-state index in [1.54, 1.807) is 6.07 Å². The summed E-state index contributed by atoms with van der Waals surface area (Å²) in [4.78, 5) is 24.2. The SMILES string of the molecule is Cc1cc(CC(=O)Nc2cc([C@H]3CC[C@@H](C(=O)NC(C)C)CC3)[nH]n2)on1. The van der Waals surface area contributed by atoms with Crippen molar-refractivity contribution < 1.29 is 14.1 Å². The number of amides is 2. The number of aromatic amines is 1. The molecule has 1 aliphatic rings. The number of hydrogen-bond donors (Lipinski definition) is 3. The Bertz CT molecular complexity index is 787. The van der Waals surface area contributed by atoms with E-state index >= 15 is 0 Å². The molecule has 0 radical (unpaired) electrons. The average Bonchev–Trinajstić information content (AvgIpc) is 3.23. The molecular weight excluding hydrogens is 346 g/mol. The van der Waals surface area contributed by atoms with Crippen molar-refractivity contribution in [2.45, 2.75) is 64.8 Å². The Morgan fingerprint density at radius 1 is 1.26 bits per heavy atom. The summed E-state index contributed by atoms with van der Waals surface area (Å²) in [5.41, 5.74) is 1.75. The van der Waals surface area contributed by atoms with Crippen molar-refractivity contribution in [3.8, 4) is 0 Å². The number of anilines is 1. The molecule has 0 unspecified atom stereocenters. The number of nitrogens with zero attached hydrogens (tertiary/aromatic N) is 2. The Hall–Kier alpha value is -2.64. The largest absolute Gasteiger partial charge is 0.361 e. The van der Waals surface area contributed by atoms with Crippen molar-refractivity contribution in [1.29, 1.82) is 0 Å². The van der Waals surface area contributed by atoms with Gasteiger partial charge in [-0.15, -0.1) is 0 Å². The van der Waals surface area contributed by atoms with Gasteiger partial charge in [-0.1, -0.05) is 5.16 Å². The summed E-state index contributed by atoms with van der Waals surface area (Å²) < 4.78 is 5.05. The molecule has 2 heterocycles. The molecule has 3 N–H and O–H groups in total. The Kier molecular flexibility index (Phi) is 5.93. The van der Waals surface area contributed by atoms with Gasteiger partial charge in [0, 0.05) is 35.7 Å². The maximum Gasteiger partial charge on any atom is 0.233 e. The lowest BCUT2D eigenvalue weighted by atomic mass is 9.80. The molecule has 0 aromatic carbocycles. The van der Waals surface area contributed by atoms with E-state index in [4.69, 9.17) is 4.52 Å². The lowest BCUT2D eigenvalue weighted by Crippen LogP contribution is -2.37. The fraction of sp³-hybridized carbons (Fsp3) is 0.579. The topological polar surface area (TPSA) is 113 Å². The molecule has 146 valence electrons. The van der Waals surface area contributed by atoms with Crippen molar-refractivity contribution in [2.75, 3.05) is 5.32 Å². The Balaban J connectivity index is 1.49. The fourth-order valence-corrected chi connectivity index (χ4v) is 3.52. The standard InChI is InChI=1S/C19H27N5O3/c1-11(2)20-19(26)14-6-4-13(5-7-14)16-10-17(23-22-16)21-18(25)9-15-8-12(3)24-27-15/h8,10-11,13-14H,4-7,9H2,1-3H3,(H,20,26)(H2,21,22,23,25)/t13-,14+. The van der Waals surface area contributed by atoms with Gasteiger partial charge >= 0.3 is 0 Å². The second-order valence-electron chi connectivity index (χ2n) is 7.58. The van der Waals surface area contributed by atoms with Crippen molar-refractivity contribution in [3.63, 3.8) is 0 Å². The molecule has 1 fully saturated rings. The molecule has 0 aliphatic heterocycles. The average molecular weight is 373 g/mol. The molecule has 0 atom stereocenters. The van der Waals surface area contributed by atoms with Crippen LogP contribution in [0.1, 0.15) is 62.6 Å². The summed E-state index contributed by atoms with van der Waals surface area (Å²) >= 11 is 0. The lowest BCUT2D eigenvalue weighted by Gasteiger charge is -2.27. The first-order valence-electron chi connectivity index (χ1n) is 9.48. The normalized spacial score (nSPS) is 19.9. The summed E-state index contributed by atoms with van der Waals surface area (Å²) in [5, 5.41) is 16.8. The van der Waals surface area contributed by atoms with E-state index in [1.807, 2.05) is 26.8 Å². The molecule has 1 saturated carbocycles. The van der Waals surface area contributed by atoms with E-state index in [0.717, 1.165) is 37.1 Å². The van der Waals surface area contributed by atoms with Gasteiger partial charge in [-0.2, -0.15) is 5.10 Å². The number of H-pyrrole nitrogens is 1. The van der Waals surface area contributed by atoms with Gasteiger partial charge in [0.2, 0.25) is 11.8 Å². The van der Waals surface area contributed by atoms with E-state index in [1.165, 1.54) is 0 Å². The van der Waals surface area contributed by atoms with Crippen LogP contribution in [-0.4, -0.2) is 33.2 Å². The maximum absolute atomic E-state index is 12.1. The molecule has 0 saturated heterocycles. The molecule has 27 heavy (non-hydrogen) atoms. The first kappa shape index (κ1) is 19.1. The minimum absolute atomic E-state index is 0.0936. The first-order chi connectivity index (χ1) is 12.9. The lowest BCUT2D eigenvalue weighted by molar-refractivity contribution is -0.126. The zero-order chi connectivity index (χ0) is 19.4. The Morgan fingerprint density at radius 2 is 2.00 bits per heavy atom. The van der Waals surface area contributed by atoms with Gasteiger partial charge < -0.3 is 15.2 Å². The van der Waals surface area contributed by atoms with Crippen LogP contribution in [0.3, 0.4) is 0 Å². The molecule has 2 aromatic rings. The second-order valence-corrected chi connectivity index (χ2v) is 7.58. The molecule has 1 aliphatic carbocycles. The number of carbonyl (C=O) groups is 2. The highest BCUT2D eigenvalue weighted by Gasteiger charge is 2.28. The summed E-state index contributed by atoms with van der Waals surface area (Å²) in [6, 6.07) is 3.79. The predicted molar refractivity (Wildman–Crippen MR) is 100 cm³/mol. The van der Waals surface area contributed by atoms with E-state index in [0.29, 0.717) is 17.5 Å². The highest BCUT2D eigenvalue weighted by atomic mass is 16.5. The highest BCUT2D eigenvalue weighted by molar-refractivity contribution is 5.91. The van der Waals surface area contributed by atoms with Gasteiger partial charge in [0.05, 0.1) is 12.1 Å². The van der Waals surface area contributed by atoms with Crippen molar-refractivity contribution >= 4 is 17.6 Å².